The fraction of sp³-hybridized carbons (Fsp3) is 0.188. The molecule has 2 rings (SSSR count). The molecule has 0 radical (unpaired) electrons. The lowest BCUT2D eigenvalue weighted by molar-refractivity contribution is -0.384. The van der Waals surface area contributed by atoms with Crippen molar-refractivity contribution in [1.29, 1.82) is 0 Å². The molecule has 1 atom stereocenters. The Labute approximate surface area is 164 Å². The van der Waals surface area contributed by atoms with Crippen molar-refractivity contribution in [2.45, 2.75) is 16.4 Å². The minimum atomic E-state index is -1.96. The molecule has 0 heterocycles. The van der Waals surface area contributed by atoms with Gasteiger partial charge in [-0.1, -0.05) is 77.3 Å². The number of carbonyl (C=O) groups is 1. The molecule has 7 nitrogen and oxygen atoms in total. The highest BCUT2D eigenvalue weighted by Gasteiger charge is 2.35. The molecule has 0 bridgehead atoms. The van der Waals surface area contributed by atoms with E-state index in [4.69, 9.17) is 39.6 Å². The van der Waals surface area contributed by atoms with Crippen LogP contribution in [0.25, 0.3) is 0 Å². The average molecular weight is 419 g/mol. The van der Waals surface area contributed by atoms with E-state index in [-0.39, 0.29) is 17.8 Å². The largest absolute Gasteiger partial charge is 0.368 e. The van der Waals surface area contributed by atoms with Crippen molar-refractivity contribution in [3.63, 3.8) is 0 Å². The van der Waals surface area contributed by atoms with Crippen LogP contribution in [0.1, 0.15) is 5.56 Å². The van der Waals surface area contributed by atoms with Crippen molar-refractivity contribution in [3.05, 3.63) is 70.3 Å². The smallest absolute Gasteiger partial charge is 0.329 e. The number of carbonyl (C=O) groups excluding carboxylic acids is 1. The van der Waals surface area contributed by atoms with Crippen molar-refractivity contribution in [1.82, 2.24) is 5.48 Å². The van der Waals surface area contributed by atoms with E-state index >= 15 is 0 Å². The third-order valence-electron chi connectivity index (χ3n) is 3.21. The lowest BCUT2D eigenvalue weighted by atomic mass is 10.2. The van der Waals surface area contributed by atoms with E-state index in [2.05, 4.69) is 10.8 Å². The summed E-state index contributed by atoms with van der Waals surface area (Å²) in [7, 11) is 0. The molecule has 0 fully saturated rings. The molecule has 0 unspecified atom stereocenters. The third kappa shape index (κ3) is 6.03. The maximum Gasteiger partial charge on any atom is 0.329 e. The lowest BCUT2D eigenvalue weighted by Gasteiger charge is -2.26. The fourth-order valence-electron chi connectivity index (χ4n) is 2.01. The Morgan fingerprint density at radius 3 is 2.35 bits per heavy atom. The van der Waals surface area contributed by atoms with Crippen LogP contribution in [0.2, 0.25) is 0 Å². The third-order valence-corrected chi connectivity index (χ3v) is 3.86. The van der Waals surface area contributed by atoms with Gasteiger partial charge in [0.2, 0.25) is 3.79 Å². The van der Waals surface area contributed by atoms with E-state index in [1.165, 1.54) is 18.2 Å². The summed E-state index contributed by atoms with van der Waals surface area (Å²) in [4.78, 5) is 27.4. The highest BCUT2D eigenvalue weighted by atomic mass is 35.6. The quantitative estimate of drug-likeness (QED) is 0.306. The van der Waals surface area contributed by atoms with E-state index in [0.29, 0.717) is 0 Å². The molecular formula is C16H14Cl3N3O4. The molecule has 2 N–H and O–H groups in total. The van der Waals surface area contributed by atoms with Gasteiger partial charge in [0.15, 0.2) is 6.17 Å². The molecule has 2 aromatic carbocycles. The predicted molar refractivity (Wildman–Crippen MR) is 100 cm³/mol. The monoisotopic (exact) mass is 417 g/mol. The summed E-state index contributed by atoms with van der Waals surface area (Å²) >= 11 is 17.6. The molecule has 26 heavy (non-hydrogen) atoms. The first-order valence-corrected chi connectivity index (χ1v) is 8.46. The van der Waals surface area contributed by atoms with Gasteiger partial charge in [0, 0.05) is 6.07 Å². The molecule has 0 aliphatic heterocycles. The van der Waals surface area contributed by atoms with E-state index in [9.17, 15) is 14.9 Å². The minimum Gasteiger partial charge on any atom is -0.368 e. The number of rotatable bonds is 7. The zero-order valence-corrected chi connectivity index (χ0v) is 15.5. The number of anilines is 1. The molecular weight excluding hydrogens is 405 g/mol. The zero-order valence-electron chi connectivity index (χ0n) is 13.2. The van der Waals surface area contributed by atoms with Crippen LogP contribution in [0.3, 0.4) is 0 Å². The number of hydrogen-bond acceptors (Lipinski definition) is 6. The number of nitrogens with zero attached hydrogens (tertiary/aromatic N) is 1. The normalized spacial score (nSPS) is 12.3. The number of hydrogen-bond donors (Lipinski definition) is 2. The highest BCUT2D eigenvalue weighted by molar-refractivity contribution is 6.68. The summed E-state index contributed by atoms with van der Waals surface area (Å²) in [6, 6.07) is 14.7. The number of benzene rings is 2. The SMILES string of the molecule is O=C(Cc1ccccc1)ON[C@@H](Nc1ccccc1[N+](=O)[O-])C(Cl)(Cl)Cl. The number of halogens is 3. The van der Waals surface area contributed by atoms with E-state index < -0.39 is 20.9 Å². The second kappa shape index (κ2) is 9.05. The van der Waals surface area contributed by atoms with Crippen LogP contribution >= 0.6 is 34.8 Å². The van der Waals surface area contributed by atoms with Gasteiger partial charge < -0.3 is 10.2 Å². The van der Waals surface area contributed by atoms with E-state index in [1.54, 1.807) is 30.3 Å². The van der Waals surface area contributed by atoms with Crippen LogP contribution in [0.4, 0.5) is 11.4 Å². The van der Waals surface area contributed by atoms with Crippen molar-refractivity contribution in [2.24, 2.45) is 0 Å². The molecule has 0 spiro atoms. The van der Waals surface area contributed by atoms with E-state index in [0.717, 1.165) is 5.56 Å². The summed E-state index contributed by atoms with van der Waals surface area (Å²) in [5, 5.41) is 13.7. The Morgan fingerprint density at radius 1 is 1.12 bits per heavy atom. The van der Waals surface area contributed by atoms with Crippen molar-refractivity contribution in [3.8, 4) is 0 Å². The number of nitro groups is 1. The van der Waals surface area contributed by atoms with Crippen LogP contribution in [0.15, 0.2) is 54.6 Å². The first kappa shape index (κ1) is 20.3. The second-order valence-electron chi connectivity index (χ2n) is 5.15. The molecule has 0 aliphatic carbocycles. The van der Waals surface area contributed by atoms with Gasteiger partial charge in [0.25, 0.3) is 5.69 Å². The van der Waals surface area contributed by atoms with Crippen LogP contribution in [0, 0.1) is 10.1 Å². The predicted octanol–water partition coefficient (Wildman–Crippen LogP) is 3.99. The summed E-state index contributed by atoms with van der Waals surface area (Å²) in [5.41, 5.74) is 2.94. The molecule has 0 saturated carbocycles. The zero-order chi connectivity index (χ0) is 19.2. The Balaban J connectivity index is 2.04. The van der Waals surface area contributed by atoms with Gasteiger partial charge in [-0.2, -0.15) is 0 Å². The molecule has 138 valence electrons. The van der Waals surface area contributed by atoms with Crippen LogP contribution < -0.4 is 10.8 Å². The number of nitro benzene ring substituents is 1. The second-order valence-corrected chi connectivity index (χ2v) is 7.52. The molecule has 10 heteroatoms. The standard InChI is InChI=1S/C16H14Cl3N3O4/c17-16(18,19)15(20-12-8-4-5-9-13(12)22(24)25)21-26-14(23)10-11-6-2-1-3-7-11/h1-9,15,20-21H,10H2/t15-/m1/s1. The summed E-state index contributed by atoms with van der Waals surface area (Å²) in [6.07, 6.45) is -1.22. The maximum atomic E-state index is 11.9. The summed E-state index contributed by atoms with van der Waals surface area (Å²) < 4.78 is -1.96. The van der Waals surface area contributed by atoms with Gasteiger partial charge in [-0.3, -0.25) is 14.9 Å². The van der Waals surface area contributed by atoms with Crippen LogP contribution in [-0.4, -0.2) is 20.9 Å². The Kier molecular flexibility index (Phi) is 7.05. The van der Waals surface area contributed by atoms with Gasteiger partial charge in [0.05, 0.1) is 11.3 Å². The molecule has 0 saturated heterocycles. The van der Waals surface area contributed by atoms with Gasteiger partial charge >= 0.3 is 5.97 Å². The first-order chi connectivity index (χ1) is 12.3. The summed E-state index contributed by atoms with van der Waals surface area (Å²) in [6.45, 7) is 0. The van der Waals surface area contributed by atoms with E-state index in [1.807, 2.05) is 6.07 Å². The molecule has 0 aromatic heterocycles. The number of nitrogens with one attached hydrogen (secondary N) is 2. The molecule has 2 aromatic rings. The number of hydroxylamine groups is 1. The highest BCUT2D eigenvalue weighted by Crippen LogP contribution is 2.33. The van der Waals surface area contributed by atoms with Crippen molar-refractivity contribution >= 4 is 52.1 Å². The maximum absolute atomic E-state index is 11.9. The Bertz CT molecular complexity index is 769. The Morgan fingerprint density at radius 2 is 1.73 bits per heavy atom. The fourth-order valence-corrected chi connectivity index (χ4v) is 2.31. The number of alkyl halides is 3. The number of para-hydroxylation sites is 2. The van der Waals surface area contributed by atoms with Crippen LogP contribution in [0.5, 0.6) is 0 Å². The topological polar surface area (TPSA) is 93.5 Å². The van der Waals surface area contributed by atoms with Crippen molar-refractivity contribution in [2.75, 3.05) is 5.32 Å². The van der Waals surface area contributed by atoms with Crippen molar-refractivity contribution < 1.29 is 14.6 Å². The van der Waals surface area contributed by atoms with Crippen LogP contribution in [-0.2, 0) is 16.1 Å². The van der Waals surface area contributed by atoms with Gasteiger partial charge in [-0.05, 0) is 11.6 Å². The Hall–Kier alpha value is -2.06. The average Bonchev–Trinajstić information content (AvgIpc) is 2.58. The van der Waals surface area contributed by atoms with Gasteiger partial charge in [-0.15, -0.1) is 5.48 Å². The van der Waals surface area contributed by atoms with Gasteiger partial charge in [-0.25, -0.2) is 0 Å². The summed E-state index contributed by atoms with van der Waals surface area (Å²) in [5.74, 6) is -0.611. The molecule has 0 amide bonds. The lowest BCUT2D eigenvalue weighted by Crippen LogP contribution is -2.47. The first-order valence-electron chi connectivity index (χ1n) is 7.33. The van der Waals surface area contributed by atoms with Gasteiger partial charge in [0.1, 0.15) is 5.69 Å². The minimum absolute atomic E-state index is 0.00586. The molecule has 0 aliphatic rings.